The van der Waals surface area contributed by atoms with Crippen LogP contribution >= 0.6 is 0 Å². The number of aryl methyl sites for hydroxylation is 1. The number of benzene rings is 1. The van der Waals surface area contributed by atoms with E-state index in [0.717, 1.165) is 12.5 Å². The minimum atomic E-state index is -2.55. The molecule has 1 fully saturated rings. The molecule has 0 aromatic heterocycles. The molecule has 1 aliphatic carbocycles. The molecular weight excluding hydrogens is 600 g/mol. The van der Waals surface area contributed by atoms with Gasteiger partial charge in [0.25, 0.3) is 5.91 Å². The number of likely N-dealkylation sites (N-methyl/N-ethyl adjacent to an activating group) is 1. The zero-order chi connectivity index (χ0) is 33.6. The van der Waals surface area contributed by atoms with Crippen molar-refractivity contribution in [1.29, 1.82) is 0 Å². The van der Waals surface area contributed by atoms with E-state index in [4.69, 9.17) is 24.4 Å². The van der Waals surface area contributed by atoms with Crippen molar-refractivity contribution in [3.05, 3.63) is 35.1 Å². The van der Waals surface area contributed by atoms with Crippen molar-refractivity contribution < 1.29 is 68.8 Å². The average Bonchev–Trinajstić information content (AvgIpc) is 3.35. The maximum absolute atomic E-state index is 13.0. The number of hydrogen-bond acceptors (Lipinski definition) is 13. The number of hydrogen-bond donors (Lipinski definition) is 7. The first-order chi connectivity index (χ1) is 21.0. The van der Waals surface area contributed by atoms with Crippen LogP contribution in [0.1, 0.15) is 44.2 Å². The first-order valence-corrected chi connectivity index (χ1v) is 14.1. The maximum atomic E-state index is 13.0. The van der Waals surface area contributed by atoms with Gasteiger partial charge >= 0.3 is 23.9 Å². The van der Waals surface area contributed by atoms with Crippen LogP contribution in [0.2, 0.25) is 0 Å². The van der Waals surface area contributed by atoms with Crippen LogP contribution in [-0.4, -0.2) is 121 Å². The van der Waals surface area contributed by atoms with Crippen LogP contribution < -0.4 is 10.1 Å². The second kappa shape index (κ2) is 12.3. The van der Waals surface area contributed by atoms with Crippen LogP contribution in [0.4, 0.5) is 0 Å². The number of carbonyl (C=O) groups excluding carboxylic acids is 3. The number of aliphatic hydroxyl groups is 3. The van der Waals surface area contributed by atoms with Gasteiger partial charge in [-0.2, -0.15) is 0 Å². The summed E-state index contributed by atoms with van der Waals surface area (Å²) in [6, 6.07) is 0.891. The van der Waals surface area contributed by atoms with Gasteiger partial charge in [0.05, 0.1) is 17.4 Å². The van der Waals surface area contributed by atoms with E-state index in [-0.39, 0.29) is 23.7 Å². The number of likely N-dealkylation sites (tertiary alicyclic amines) is 1. The maximum Gasteiger partial charge on any atom is 0.343 e. The lowest BCUT2D eigenvalue weighted by atomic mass is 9.54. The summed E-state index contributed by atoms with van der Waals surface area (Å²) in [5.74, 6) is -7.71. The fraction of sp³-hybridized carbons (Fsp3) is 0.552. The highest BCUT2D eigenvalue weighted by molar-refractivity contribution is 5.91. The largest absolute Gasteiger partial charge is 0.504 e. The molecule has 2 heterocycles. The molecule has 1 aromatic carbocycles. The van der Waals surface area contributed by atoms with Crippen LogP contribution in [0.3, 0.4) is 0 Å². The molecule has 8 atom stereocenters. The number of phenols is 1. The molecule has 1 saturated heterocycles. The molecule has 246 valence electrons. The number of aromatic hydroxyl groups is 1. The Kier molecular flexibility index (Phi) is 9.17. The number of phenolic OH excluding ortho intramolecular Hbond substituents is 1. The van der Waals surface area contributed by atoms with Gasteiger partial charge in [-0.3, -0.25) is 9.59 Å². The first kappa shape index (κ1) is 33.6. The van der Waals surface area contributed by atoms with E-state index in [2.05, 4.69) is 0 Å². The van der Waals surface area contributed by atoms with Gasteiger partial charge in [-0.1, -0.05) is 6.07 Å². The van der Waals surface area contributed by atoms with Crippen molar-refractivity contribution in [2.24, 2.45) is 0 Å². The van der Waals surface area contributed by atoms with Crippen LogP contribution in [0.5, 0.6) is 11.5 Å². The van der Waals surface area contributed by atoms with Crippen LogP contribution in [0.25, 0.3) is 0 Å². The summed E-state index contributed by atoms with van der Waals surface area (Å²) in [6.45, 7) is 5.15. The predicted molar refractivity (Wildman–Crippen MR) is 149 cm³/mol. The van der Waals surface area contributed by atoms with E-state index >= 15 is 0 Å². The standard InChI is InChI=1S/C29H36N2O14/c1-12-5-6-16(32)22-19(12)28-9-10-31(4)14(3)29(28,42)8-7-17(23(28)45-22)44-27(41)21(36)20(35)26(40)43-13(2)24(37)30-15(25(38)39)11-18(33)34/h5-7,13-15,20-21,23,32,35-36,42H,8-11H2,1-4H3,(H,30,37)(H,33,34)(H,38,39)/t13-,14+,15-,20+,21+,23-,28-,29+/m0/s1. The topological polar surface area (TPSA) is 250 Å². The second-order valence-corrected chi connectivity index (χ2v) is 11.6. The van der Waals surface area contributed by atoms with E-state index < -0.39 is 83.7 Å². The number of nitrogens with one attached hydrogen (secondary N) is 1. The number of carboxylic acid groups (broad SMARTS) is 2. The summed E-state index contributed by atoms with van der Waals surface area (Å²) in [5.41, 5.74) is -1.34. The summed E-state index contributed by atoms with van der Waals surface area (Å²) in [6.07, 6.45) is -7.17. The number of ether oxygens (including phenoxy) is 3. The minimum Gasteiger partial charge on any atom is -0.504 e. The van der Waals surface area contributed by atoms with Crippen molar-refractivity contribution in [2.45, 2.75) is 87.5 Å². The van der Waals surface area contributed by atoms with Gasteiger partial charge in [0.15, 0.2) is 35.9 Å². The summed E-state index contributed by atoms with van der Waals surface area (Å²) in [7, 11) is 1.86. The number of aliphatic hydroxyl groups excluding tert-OH is 2. The van der Waals surface area contributed by atoms with Gasteiger partial charge in [0.1, 0.15) is 11.8 Å². The highest BCUT2D eigenvalue weighted by Gasteiger charge is 2.69. The lowest BCUT2D eigenvalue weighted by molar-refractivity contribution is -0.179. The number of piperidine rings is 1. The Bertz CT molecular complexity index is 1440. The number of nitrogens with zero attached hydrogens (tertiary/aromatic N) is 1. The van der Waals surface area contributed by atoms with Gasteiger partial charge in [0.2, 0.25) is 0 Å². The molecule has 16 heteroatoms. The van der Waals surface area contributed by atoms with E-state index in [1.165, 1.54) is 12.1 Å². The second-order valence-electron chi connectivity index (χ2n) is 11.6. The molecule has 4 rings (SSSR count). The van der Waals surface area contributed by atoms with E-state index in [9.17, 15) is 44.4 Å². The SMILES string of the molecule is Cc1ccc(O)c2c1[C@]13CCN(C)[C@H](C)[C@]1(O)CC=C(OC(=O)[C@H](O)[C@@H](O)C(=O)O[C@@H](C)C(=O)N[C@@H](CC(=O)O)C(=O)O)[C@@H]3O2. The molecule has 1 amide bonds. The lowest BCUT2D eigenvalue weighted by Crippen LogP contribution is -2.71. The van der Waals surface area contributed by atoms with E-state index in [0.29, 0.717) is 18.5 Å². The third kappa shape index (κ3) is 5.69. The Morgan fingerprint density at radius 3 is 2.40 bits per heavy atom. The van der Waals surface area contributed by atoms with E-state index in [1.807, 2.05) is 24.2 Å². The number of carboxylic acids is 2. The van der Waals surface area contributed by atoms with Gasteiger partial charge in [-0.05, 0) is 58.5 Å². The first-order valence-electron chi connectivity index (χ1n) is 14.1. The van der Waals surface area contributed by atoms with Crippen molar-refractivity contribution in [1.82, 2.24) is 10.2 Å². The highest BCUT2D eigenvalue weighted by atomic mass is 16.6. The Morgan fingerprint density at radius 1 is 1.13 bits per heavy atom. The number of carbonyl (C=O) groups is 5. The monoisotopic (exact) mass is 636 g/mol. The summed E-state index contributed by atoms with van der Waals surface area (Å²) in [5, 5.41) is 63.4. The normalized spacial score (nSPS) is 28.0. The Balaban J connectivity index is 1.51. The number of rotatable bonds is 10. The summed E-state index contributed by atoms with van der Waals surface area (Å²) in [4.78, 5) is 61.7. The van der Waals surface area contributed by atoms with E-state index in [1.54, 1.807) is 13.0 Å². The molecule has 45 heavy (non-hydrogen) atoms. The van der Waals surface area contributed by atoms with Crippen molar-refractivity contribution >= 4 is 29.8 Å². The summed E-state index contributed by atoms with van der Waals surface area (Å²) < 4.78 is 16.3. The molecule has 2 aliphatic heterocycles. The molecule has 0 unspecified atom stereocenters. The quantitative estimate of drug-likeness (QED) is 0.147. The van der Waals surface area contributed by atoms with Crippen LogP contribution in [0.15, 0.2) is 24.0 Å². The summed E-state index contributed by atoms with van der Waals surface area (Å²) >= 11 is 0. The predicted octanol–water partition coefficient (Wildman–Crippen LogP) is -1.32. The zero-order valence-corrected chi connectivity index (χ0v) is 24.9. The van der Waals surface area contributed by atoms with Gasteiger partial charge in [0, 0.05) is 18.0 Å². The molecule has 16 nitrogen and oxygen atoms in total. The number of esters is 2. The van der Waals surface area contributed by atoms with Gasteiger partial charge in [-0.15, -0.1) is 0 Å². The number of aliphatic carboxylic acids is 2. The molecule has 1 spiro atoms. The molecule has 0 radical (unpaired) electrons. The Hall–Kier alpha value is -4.25. The molecule has 1 aromatic rings. The van der Waals surface area contributed by atoms with Gasteiger partial charge < -0.3 is 55.1 Å². The fourth-order valence-electron chi connectivity index (χ4n) is 6.40. The molecule has 0 saturated carbocycles. The van der Waals surface area contributed by atoms with Crippen molar-refractivity contribution in [3.63, 3.8) is 0 Å². The molecule has 0 bridgehead atoms. The smallest absolute Gasteiger partial charge is 0.343 e. The molecule has 7 N–H and O–H groups in total. The fourth-order valence-corrected chi connectivity index (χ4v) is 6.40. The highest BCUT2D eigenvalue weighted by Crippen LogP contribution is 2.62. The average molecular weight is 637 g/mol. The van der Waals surface area contributed by atoms with Crippen molar-refractivity contribution in [2.75, 3.05) is 13.6 Å². The molecule has 3 aliphatic rings. The third-order valence-electron chi connectivity index (χ3n) is 8.99. The van der Waals surface area contributed by atoms with Crippen LogP contribution in [-0.2, 0) is 38.9 Å². The van der Waals surface area contributed by atoms with Gasteiger partial charge in [-0.25, -0.2) is 14.4 Å². The van der Waals surface area contributed by atoms with Crippen LogP contribution in [0, 0.1) is 6.92 Å². The lowest BCUT2D eigenvalue weighted by Gasteiger charge is -2.58. The zero-order valence-electron chi connectivity index (χ0n) is 24.9. The third-order valence-corrected chi connectivity index (χ3v) is 8.99. The Labute approximate surface area is 256 Å². The van der Waals surface area contributed by atoms with Crippen molar-refractivity contribution in [3.8, 4) is 11.5 Å². The Morgan fingerprint density at radius 2 is 1.78 bits per heavy atom. The molecular formula is C29H36N2O14. The minimum absolute atomic E-state index is 0.0119. The number of fused-ring (bicyclic) bond motifs is 1. The number of amides is 1.